The van der Waals surface area contributed by atoms with Crippen LogP contribution in [0.5, 0.6) is 0 Å². The number of aldehydes is 1. The van der Waals surface area contributed by atoms with Crippen molar-refractivity contribution in [1.29, 1.82) is 5.26 Å². The fourth-order valence-electron chi connectivity index (χ4n) is 0.236. The molecule has 0 saturated carbocycles. The van der Waals surface area contributed by atoms with Gasteiger partial charge in [-0.3, -0.25) is 0 Å². The maximum Gasteiger partial charge on any atom is 0.150 e. The Balaban J connectivity index is 4.17. The minimum atomic E-state index is -1.18. The summed E-state index contributed by atoms with van der Waals surface area (Å²) in [6.07, 6.45) is -0.814. The van der Waals surface area contributed by atoms with Gasteiger partial charge in [0, 0.05) is 0 Å². The van der Waals surface area contributed by atoms with Crippen molar-refractivity contribution in [1.82, 2.24) is 0 Å². The van der Waals surface area contributed by atoms with Crippen molar-refractivity contribution in [3.63, 3.8) is 0 Å². The third-order valence-corrected chi connectivity index (χ3v) is 1.16. The average molecular weight is 127 g/mol. The Bertz CT molecular complexity index is 146. The number of aliphatic hydroxyl groups excluding tert-OH is 1. The quantitative estimate of drug-likeness (QED) is 0.535. The maximum absolute atomic E-state index is 9.91. The first kappa shape index (κ1) is 8.12. The number of carbonyl (C=O) groups excluding carboxylic acids is 1. The van der Waals surface area contributed by atoms with Crippen LogP contribution in [0.1, 0.15) is 13.8 Å². The molecule has 0 aliphatic rings. The zero-order valence-corrected chi connectivity index (χ0v) is 5.46. The second-order valence-electron chi connectivity index (χ2n) is 2.41. The van der Waals surface area contributed by atoms with E-state index in [2.05, 4.69) is 0 Å². The topological polar surface area (TPSA) is 61.1 Å². The number of nitrogens with zero attached hydrogens (tertiary/aromatic N) is 1. The van der Waals surface area contributed by atoms with E-state index in [9.17, 15) is 4.79 Å². The van der Waals surface area contributed by atoms with Crippen LogP contribution in [-0.4, -0.2) is 17.5 Å². The van der Waals surface area contributed by atoms with Gasteiger partial charge in [0.15, 0.2) is 0 Å². The molecule has 3 heteroatoms. The smallest absolute Gasteiger partial charge is 0.150 e. The highest BCUT2D eigenvalue weighted by Crippen LogP contribution is 2.16. The summed E-state index contributed by atoms with van der Waals surface area (Å²) in [5, 5.41) is 17.1. The Morgan fingerprint density at radius 1 is 1.78 bits per heavy atom. The SMILES string of the molecule is CC(C)(C#N)C(O)C=O. The van der Waals surface area contributed by atoms with Crippen molar-refractivity contribution in [2.75, 3.05) is 0 Å². The molecule has 1 atom stereocenters. The standard InChI is InChI=1S/C6H9NO2/c1-6(2,4-7)5(9)3-8/h3,5,9H,1-2H3. The Hall–Kier alpha value is -0.880. The summed E-state index contributed by atoms with van der Waals surface area (Å²) >= 11 is 0. The number of rotatable bonds is 2. The number of hydrogen-bond donors (Lipinski definition) is 1. The molecule has 0 aromatic carbocycles. The molecule has 0 aromatic heterocycles. The zero-order chi connectivity index (χ0) is 7.49. The molecule has 1 unspecified atom stereocenters. The molecular weight excluding hydrogens is 118 g/mol. The van der Waals surface area contributed by atoms with E-state index in [0.717, 1.165) is 0 Å². The Labute approximate surface area is 53.9 Å². The highest BCUT2D eigenvalue weighted by Gasteiger charge is 2.26. The second kappa shape index (κ2) is 2.60. The van der Waals surface area contributed by atoms with Gasteiger partial charge in [-0.05, 0) is 13.8 Å². The van der Waals surface area contributed by atoms with Gasteiger partial charge in [0.1, 0.15) is 12.4 Å². The number of nitriles is 1. The van der Waals surface area contributed by atoms with Crippen LogP contribution in [0.3, 0.4) is 0 Å². The minimum absolute atomic E-state index is 0.364. The largest absolute Gasteiger partial charge is 0.384 e. The predicted molar refractivity (Wildman–Crippen MR) is 31.5 cm³/mol. The number of hydrogen-bond acceptors (Lipinski definition) is 3. The molecule has 1 N–H and O–H groups in total. The third kappa shape index (κ3) is 1.82. The minimum Gasteiger partial charge on any atom is -0.384 e. The fourth-order valence-corrected chi connectivity index (χ4v) is 0.236. The lowest BCUT2D eigenvalue weighted by molar-refractivity contribution is -0.118. The Morgan fingerprint density at radius 3 is 2.33 bits per heavy atom. The Kier molecular flexibility index (Phi) is 2.35. The molecule has 0 aliphatic heterocycles. The van der Waals surface area contributed by atoms with Gasteiger partial charge in [-0.2, -0.15) is 5.26 Å². The number of aliphatic hydroxyl groups is 1. The van der Waals surface area contributed by atoms with E-state index in [1.165, 1.54) is 13.8 Å². The van der Waals surface area contributed by atoms with Crippen molar-refractivity contribution in [2.24, 2.45) is 5.41 Å². The summed E-state index contributed by atoms with van der Waals surface area (Å²) < 4.78 is 0. The first-order valence-electron chi connectivity index (χ1n) is 2.59. The van der Waals surface area contributed by atoms with Gasteiger partial charge >= 0.3 is 0 Å². The average Bonchev–Trinajstić information content (AvgIpc) is 1.86. The van der Waals surface area contributed by atoms with Crippen LogP contribution in [0, 0.1) is 16.7 Å². The first-order valence-corrected chi connectivity index (χ1v) is 2.59. The summed E-state index contributed by atoms with van der Waals surface area (Å²) in [5.41, 5.74) is -0.957. The Morgan fingerprint density at radius 2 is 2.22 bits per heavy atom. The summed E-state index contributed by atoms with van der Waals surface area (Å²) in [5.74, 6) is 0. The molecule has 0 saturated heterocycles. The van der Waals surface area contributed by atoms with Gasteiger partial charge in [-0.1, -0.05) is 0 Å². The van der Waals surface area contributed by atoms with E-state index < -0.39 is 11.5 Å². The van der Waals surface area contributed by atoms with Gasteiger partial charge in [-0.25, -0.2) is 0 Å². The molecule has 9 heavy (non-hydrogen) atoms. The molecule has 50 valence electrons. The summed E-state index contributed by atoms with van der Waals surface area (Å²) in [4.78, 5) is 9.91. The zero-order valence-electron chi connectivity index (χ0n) is 5.46. The van der Waals surface area contributed by atoms with E-state index in [1.54, 1.807) is 0 Å². The predicted octanol–water partition coefficient (Wildman–Crippen LogP) is 0.0960. The highest BCUT2D eigenvalue weighted by molar-refractivity contribution is 5.58. The molecule has 0 rings (SSSR count). The summed E-state index contributed by atoms with van der Waals surface area (Å²) in [6, 6.07) is 1.81. The third-order valence-electron chi connectivity index (χ3n) is 1.16. The number of carbonyl (C=O) groups is 1. The van der Waals surface area contributed by atoms with E-state index in [1.807, 2.05) is 6.07 Å². The van der Waals surface area contributed by atoms with Gasteiger partial charge in [0.2, 0.25) is 0 Å². The highest BCUT2D eigenvalue weighted by atomic mass is 16.3. The molecule has 0 heterocycles. The van der Waals surface area contributed by atoms with E-state index in [0.29, 0.717) is 6.29 Å². The van der Waals surface area contributed by atoms with Crippen LogP contribution in [0.25, 0.3) is 0 Å². The van der Waals surface area contributed by atoms with Crippen LogP contribution < -0.4 is 0 Å². The van der Waals surface area contributed by atoms with Gasteiger partial charge < -0.3 is 9.90 Å². The molecule has 0 spiro atoms. The van der Waals surface area contributed by atoms with E-state index in [-0.39, 0.29) is 0 Å². The van der Waals surface area contributed by atoms with Crippen molar-refractivity contribution in [2.45, 2.75) is 20.0 Å². The normalized spacial score (nSPS) is 14.0. The van der Waals surface area contributed by atoms with Gasteiger partial charge in [0.25, 0.3) is 0 Å². The van der Waals surface area contributed by atoms with Crippen molar-refractivity contribution >= 4 is 6.29 Å². The summed E-state index contributed by atoms with van der Waals surface area (Å²) in [6.45, 7) is 3.01. The van der Waals surface area contributed by atoms with Crippen LogP contribution in [0.15, 0.2) is 0 Å². The van der Waals surface area contributed by atoms with Crippen LogP contribution in [-0.2, 0) is 4.79 Å². The monoisotopic (exact) mass is 127 g/mol. The molecule has 0 radical (unpaired) electrons. The first-order chi connectivity index (χ1) is 4.04. The second-order valence-corrected chi connectivity index (χ2v) is 2.41. The molecule has 0 bridgehead atoms. The molecule has 0 amide bonds. The van der Waals surface area contributed by atoms with Crippen molar-refractivity contribution in [3.8, 4) is 6.07 Å². The lowest BCUT2D eigenvalue weighted by atomic mass is 9.89. The maximum atomic E-state index is 9.91. The van der Waals surface area contributed by atoms with Crippen molar-refractivity contribution < 1.29 is 9.90 Å². The molecule has 0 aromatic rings. The molecule has 0 aliphatic carbocycles. The van der Waals surface area contributed by atoms with Crippen molar-refractivity contribution in [3.05, 3.63) is 0 Å². The summed E-state index contributed by atoms with van der Waals surface area (Å²) in [7, 11) is 0. The molecule has 3 nitrogen and oxygen atoms in total. The van der Waals surface area contributed by atoms with Crippen LogP contribution in [0.4, 0.5) is 0 Å². The van der Waals surface area contributed by atoms with E-state index in [4.69, 9.17) is 10.4 Å². The van der Waals surface area contributed by atoms with Gasteiger partial charge in [-0.15, -0.1) is 0 Å². The van der Waals surface area contributed by atoms with E-state index >= 15 is 0 Å². The molecular formula is C6H9NO2. The van der Waals surface area contributed by atoms with Crippen LogP contribution >= 0.6 is 0 Å². The lowest BCUT2D eigenvalue weighted by Crippen LogP contribution is -2.28. The lowest BCUT2D eigenvalue weighted by Gasteiger charge is -2.16. The van der Waals surface area contributed by atoms with Gasteiger partial charge in [0.05, 0.1) is 11.5 Å². The molecule has 0 fully saturated rings. The fraction of sp³-hybridized carbons (Fsp3) is 0.667. The van der Waals surface area contributed by atoms with Crippen LogP contribution in [0.2, 0.25) is 0 Å².